The average Bonchev–Trinajstić information content (AvgIpc) is 2.83. The van der Waals surface area contributed by atoms with E-state index in [9.17, 15) is 5.26 Å². The Hall–Kier alpha value is -2.93. The number of nitrogens with zero attached hydrogens (tertiary/aromatic N) is 2. The van der Waals surface area contributed by atoms with Crippen LogP contribution in [-0.2, 0) is 6.54 Å². The van der Waals surface area contributed by atoms with E-state index in [-0.39, 0.29) is 6.10 Å². The van der Waals surface area contributed by atoms with Crippen molar-refractivity contribution < 1.29 is 4.74 Å². The normalized spacial score (nSPS) is 10.9. The summed E-state index contributed by atoms with van der Waals surface area (Å²) in [5, 5.41) is 11.7. The highest BCUT2D eigenvalue weighted by atomic mass is 16.5. The van der Waals surface area contributed by atoms with Crippen LogP contribution in [0.15, 0.2) is 48.5 Å². The molecule has 4 heteroatoms. The molecule has 116 valence electrons. The van der Waals surface area contributed by atoms with Crippen molar-refractivity contribution in [2.45, 2.75) is 26.5 Å². The van der Waals surface area contributed by atoms with Gasteiger partial charge < -0.3 is 10.5 Å². The van der Waals surface area contributed by atoms with Crippen LogP contribution in [0, 0.1) is 11.3 Å². The first-order chi connectivity index (χ1) is 11.1. The minimum Gasteiger partial charge on any atom is -0.475 e. The van der Waals surface area contributed by atoms with Crippen LogP contribution in [0.3, 0.4) is 0 Å². The Morgan fingerprint density at radius 3 is 2.65 bits per heavy atom. The van der Waals surface area contributed by atoms with E-state index >= 15 is 0 Å². The highest BCUT2D eigenvalue weighted by molar-refractivity contribution is 5.85. The minimum absolute atomic E-state index is 0.00925. The molecule has 2 aromatic carbocycles. The maximum Gasteiger partial charge on any atom is 0.219 e. The van der Waals surface area contributed by atoms with E-state index in [1.807, 2.05) is 36.6 Å². The summed E-state index contributed by atoms with van der Waals surface area (Å²) in [6.45, 7) is 4.44. The van der Waals surface area contributed by atoms with Crippen LogP contribution in [0.1, 0.15) is 25.1 Å². The molecule has 0 fully saturated rings. The van der Waals surface area contributed by atoms with Crippen molar-refractivity contribution in [2.75, 3.05) is 5.73 Å². The average molecular weight is 305 g/mol. The number of rotatable bonds is 4. The maximum absolute atomic E-state index is 9.40. The minimum atomic E-state index is -0.00925. The second-order valence-electron chi connectivity index (χ2n) is 5.79. The third kappa shape index (κ3) is 2.86. The molecule has 0 atom stereocenters. The Labute approximate surface area is 135 Å². The molecular weight excluding hydrogens is 286 g/mol. The zero-order valence-corrected chi connectivity index (χ0v) is 13.3. The maximum atomic E-state index is 9.40. The molecule has 1 heterocycles. The van der Waals surface area contributed by atoms with Gasteiger partial charge in [-0.05, 0) is 30.2 Å². The van der Waals surface area contributed by atoms with E-state index in [1.54, 1.807) is 6.07 Å². The molecule has 0 aliphatic rings. The van der Waals surface area contributed by atoms with Gasteiger partial charge in [0.15, 0.2) is 0 Å². The number of nitrogen functional groups attached to an aromatic ring is 1. The molecule has 0 aliphatic carbocycles. The lowest BCUT2D eigenvalue weighted by atomic mass is 10.0. The third-order valence-electron chi connectivity index (χ3n) is 3.75. The van der Waals surface area contributed by atoms with Gasteiger partial charge in [0, 0.05) is 6.07 Å². The molecule has 0 radical (unpaired) electrons. The highest BCUT2D eigenvalue weighted by Crippen LogP contribution is 2.30. The van der Waals surface area contributed by atoms with E-state index in [4.69, 9.17) is 10.5 Å². The van der Waals surface area contributed by atoms with Crippen LogP contribution in [0.5, 0.6) is 5.88 Å². The van der Waals surface area contributed by atoms with Crippen molar-refractivity contribution in [3.63, 3.8) is 0 Å². The first-order valence-electron chi connectivity index (χ1n) is 7.62. The van der Waals surface area contributed by atoms with Crippen LogP contribution in [0.4, 0.5) is 5.69 Å². The summed E-state index contributed by atoms with van der Waals surface area (Å²) < 4.78 is 7.67. The van der Waals surface area contributed by atoms with Crippen molar-refractivity contribution in [2.24, 2.45) is 0 Å². The van der Waals surface area contributed by atoms with Gasteiger partial charge in [-0.25, -0.2) is 0 Å². The molecule has 0 saturated carbocycles. The highest BCUT2D eigenvalue weighted by Gasteiger charge is 2.16. The van der Waals surface area contributed by atoms with Gasteiger partial charge in [0.05, 0.1) is 18.3 Å². The molecular formula is C19H19N3O. The van der Waals surface area contributed by atoms with Crippen LogP contribution >= 0.6 is 0 Å². The van der Waals surface area contributed by atoms with Crippen molar-refractivity contribution >= 4 is 16.5 Å². The molecule has 0 aliphatic heterocycles. The van der Waals surface area contributed by atoms with E-state index < -0.39 is 0 Å². The van der Waals surface area contributed by atoms with Crippen molar-refractivity contribution in [3.05, 3.63) is 59.8 Å². The fourth-order valence-electron chi connectivity index (χ4n) is 2.76. The molecule has 0 spiro atoms. The van der Waals surface area contributed by atoms with Crippen molar-refractivity contribution in [1.29, 1.82) is 5.26 Å². The third-order valence-corrected chi connectivity index (χ3v) is 3.75. The summed E-state index contributed by atoms with van der Waals surface area (Å²) in [7, 11) is 0. The van der Waals surface area contributed by atoms with Gasteiger partial charge >= 0.3 is 0 Å². The lowest BCUT2D eigenvalue weighted by molar-refractivity contribution is 0.224. The molecule has 2 N–H and O–H groups in total. The summed E-state index contributed by atoms with van der Waals surface area (Å²) in [5.74, 6) is 0.560. The number of ether oxygens (including phenoxy) is 1. The van der Waals surface area contributed by atoms with E-state index in [1.165, 1.54) is 10.8 Å². The Bertz CT molecular complexity index is 882. The largest absolute Gasteiger partial charge is 0.475 e. The molecule has 0 bridgehead atoms. The molecule has 0 amide bonds. The number of aromatic nitrogens is 1. The lowest BCUT2D eigenvalue weighted by Gasteiger charge is -2.16. The van der Waals surface area contributed by atoms with Crippen molar-refractivity contribution in [1.82, 2.24) is 4.57 Å². The van der Waals surface area contributed by atoms with Gasteiger partial charge in [0.2, 0.25) is 5.88 Å². The number of nitriles is 1. The number of nitrogens with two attached hydrogens (primary N) is 1. The summed E-state index contributed by atoms with van der Waals surface area (Å²) >= 11 is 0. The van der Waals surface area contributed by atoms with Gasteiger partial charge in [-0.2, -0.15) is 5.26 Å². The van der Waals surface area contributed by atoms with Crippen LogP contribution in [0.2, 0.25) is 0 Å². The second kappa shape index (κ2) is 6.05. The van der Waals surface area contributed by atoms with Gasteiger partial charge in [-0.3, -0.25) is 4.57 Å². The topological polar surface area (TPSA) is 64.0 Å². The molecule has 1 aromatic heterocycles. The van der Waals surface area contributed by atoms with Gasteiger partial charge in [-0.1, -0.05) is 42.5 Å². The van der Waals surface area contributed by atoms with Crippen molar-refractivity contribution in [3.8, 4) is 11.9 Å². The van der Waals surface area contributed by atoms with Gasteiger partial charge in [0.25, 0.3) is 0 Å². The molecule has 4 nitrogen and oxygen atoms in total. The van der Waals surface area contributed by atoms with E-state index in [0.29, 0.717) is 23.8 Å². The summed E-state index contributed by atoms with van der Waals surface area (Å²) in [6, 6.07) is 18.3. The quantitative estimate of drug-likeness (QED) is 0.794. The zero-order valence-electron chi connectivity index (χ0n) is 13.3. The predicted molar refractivity (Wildman–Crippen MR) is 92.4 cm³/mol. The monoisotopic (exact) mass is 305 g/mol. The van der Waals surface area contributed by atoms with Crippen LogP contribution in [-0.4, -0.2) is 10.7 Å². The molecule has 3 rings (SSSR count). The van der Waals surface area contributed by atoms with E-state index in [2.05, 4.69) is 30.3 Å². The first kappa shape index (κ1) is 15.0. The number of fused-ring (bicyclic) bond motifs is 1. The smallest absolute Gasteiger partial charge is 0.219 e. The Kier molecular flexibility index (Phi) is 3.94. The standard InChI is InChI=1S/C19H19N3O/c1-13(2)23-19-18(21)10-16(11-20)22(19)12-15-8-5-7-14-6-3-4-9-17(14)15/h3-10,13H,12,21H2,1-2H3. The fraction of sp³-hybridized carbons (Fsp3) is 0.211. The number of hydrogen-bond donors (Lipinski definition) is 1. The van der Waals surface area contributed by atoms with Crippen LogP contribution in [0.25, 0.3) is 10.8 Å². The molecule has 0 saturated heterocycles. The SMILES string of the molecule is CC(C)Oc1c(N)cc(C#N)n1Cc1cccc2ccccc12. The zero-order chi connectivity index (χ0) is 16.4. The van der Waals surface area contributed by atoms with Gasteiger partial charge in [0.1, 0.15) is 11.8 Å². The second-order valence-corrected chi connectivity index (χ2v) is 5.79. The van der Waals surface area contributed by atoms with Gasteiger partial charge in [-0.15, -0.1) is 0 Å². The summed E-state index contributed by atoms with van der Waals surface area (Å²) in [4.78, 5) is 0. The summed E-state index contributed by atoms with van der Waals surface area (Å²) in [5.41, 5.74) is 8.17. The van der Waals surface area contributed by atoms with Crippen LogP contribution < -0.4 is 10.5 Å². The van der Waals surface area contributed by atoms with E-state index in [0.717, 1.165) is 5.56 Å². The Morgan fingerprint density at radius 2 is 1.91 bits per heavy atom. The number of anilines is 1. The predicted octanol–water partition coefficient (Wildman–Crippen LogP) is 3.93. The molecule has 3 aromatic rings. The first-order valence-corrected chi connectivity index (χ1v) is 7.62. The number of benzene rings is 2. The Morgan fingerprint density at radius 1 is 1.17 bits per heavy atom. The Balaban J connectivity index is 2.10. The number of hydrogen-bond acceptors (Lipinski definition) is 3. The summed E-state index contributed by atoms with van der Waals surface area (Å²) in [6.07, 6.45) is -0.00925. The lowest BCUT2D eigenvalue weighted by Crippen LogP contribution is -2.13. The molecule has 23 heavy (non-hydrogen) atoms. The fourth-order valence-corrected chi connectivity index (χ4v) is 2.76. The molecule has 0 unspecified atom stereocenters.